The first-order valence-corrected chi connectivity index (χ1v) is 12.6. The van der Waals surface area contributed by atoms with Gasteiger partial charge in [0.1, 0.15) is 10.5 Å². The average molecular weight is 456 g/mol. The van der Waals surface area contributed by atoms with E-state index in [1.54, 1.807) is 18.3 Å². The van der Waals surface area contributed by atoms with Gasteiger partial charge in [0, 0.05) is 34.6 Å². The van der Waals surface area contributed by atoms with Crippen molar-refractivity contribution >= 4 is 37.1 Å². The molecular formula is C21H21N5O3S2. The summed E-state index contributed by atoms with van der Waals surface area (Å²) in [5.41, 5.74) is 3.37. The van der Waals surface area contributed by atoms with E-state index < -0.39 is 9.84 Å². The van der Waals surface area contributed by atoms with Crippen molar-refractivity contribution in [3.63, 3.8) is 0 Å². The van der Waals surface area contributed by atoms with Crippen LogP contribution >= 0.6 is 11.3 Å². The van der Waals surface area contributed by atoms with E-state index in [0.29, 0.717) is 20.9 Å². The Balaban J connectivity index is 1.52. The molecule has 3 aromatic heterocycles. The zero-order valence-electron chi connectivity index (χ0n) is 17.0. The van der Waals surface area contributed by atoms with E-state index >= 15 is 0 Å². The molecule has 0 aliphatic carbocycles. The Morgan fingerprint density at radius 1 is 1.23 bits per heavy atom. The van der Waals surface area contributed by atoms with E-state index in [2.05, 4.69) is 20.1 Å². The maximum atomic E-state index is 12.8. The van der Waals surface area contributed by atoms with Crippen molar-refractivity contribution in [2.24, 2.45) is 0 Å². The SMILES string of the molecule is Cc1[nH]ncc1-c1cc2nc(C3CCCN3c3ccc(S(C)(=O)=O)cc3)[nH]c(=O)c2s1. The van der Waals surface area contributed by atoms with Gasteiger partial charge < -0.3 is 9.88 Å². The third kappa shape index (κ3) is 3.55. The molecule has 0 spiro atoms. The number of hydrogen-bond donors (Lipinski definition) is 2. The number of nitrogens with zero attached hydrogens (tertiary/aromatic N) is 3. The molecule has 160 valence electrons. The summed E-state index contributed by atoms with van der Waals surface area (Å²) in [6.45, 7) is 2.76. The normalized spacial score (nSPS) is 17.0. The lowest BCUT2D eigenvalue weighted by atomic mass is 10.2. The van der Waals surface area contributed by atoms with Crippen LogP contribution in [-0.4, -0.2) is 41.4 Å². The summed E-state index contributed by atoms with van der Waals surface area (Å²) in [5.74, 6) is 0.635. The molecule has 1 fully saturated rings. The molecule has 31 heavy (non-hydrogen) atoms. The Morgan fingerprint density at radius 3 is 2.68 bits per heavy atom. The molecule has 2 N–H and O–H groups in total. The number of sulfone groups is 1. The highest BCUT2D eigenvalue weighted by molar-refractivity contribution is 7.90. The molecule has 1 saturated heterocycles. The summed E-state index contributed by atoms with van der Waals surface area (Å²) in [7, 11) is -3.24. The van der Waals surface area contributed by atoms with E-state index in [4.69, 9.17) is 4.98 Å². The monoisotopic (exact) mass is 455 g/mol. The number of thiophene rings is 1. The average Bonchev–Trinajstić information content (AvgIpc) is 3.46. The van der Waals surface area contributed by atoms with Crippen molar-refractivity contribution < 1.29 is 8.42 Å². The number of benzene rings is 1. The van der Waals surface area contributed by atoms with Crippen LogP contribution in [0.3, 0.4) is 0 Å². The number of hydrogen-bond acceptors (Lipinski definition) is 7. The summed E-state index contributed by atoms with van der Waals surface area (Å²) in [6, 6.07) is 8.75. The molecule has 0 amide bonds. The van der Waals surface area contributed by atoms with Gasteiger partial charge in [-0.15, -0.1) is 11.3 Å². The van der Waals surface area contributed by atoms with Crippen molar-refractivity contribution in [1.29, 1.82) is 0 Å². The van der Waals surface area contributed by atoms with E-state index in [9.17, 15) is 13.2 Å². The van der Waals surface area contributed by atoms with E-state index in [1.165, 1.54) is 17.6 Å². The highest BCUT2D eigenvalue weighted by Gasteiger charge is 2.29. The molecule has 0 saturated carbocycles. The number of H-pyrrole nitrogens is 2. The second-order valence-corrected chi connectivity index (χ2v) is 10.9. The molecule has 0 bridgehead atoms. The number of aromatic nitrogens is 4. The Labute approximate surface area is 182 Å². The summed E-state index contributed by atoms with van der Waals surface area (Å²) >= 11 is 1.41. The predicted molar refractivity (Wildman–Crippen MR) is 121 cm³/mol. The third-order valence-corrected chi connectivity index (χ3v) is 7.95. The number of rotatable bonds is 4. The lowest BCUT2D eigenvalue weighted by Crippen LogP contribution is -2.26. The van der Waals surface area contributed by atoms with Crippen LogP contribution in [0, 0.1) is 6.92 Å². The highest BCUT2D eigenvalue weighted by atomic mass is 32.2. The van der Waals surface area contributed by atoms with Gasteiger partial charge >= 0.3 is 0 Å². The van der Waals surface area contributed by atoms with Crippen LogP contribution in [0.25, 0.3) is 20.7 Å². The van der Waals surface area contributed by atoms with Gasteiger partial charge in [0.05, 0.1) is 22.7 Å². The lowest BCUT2D eigenvalue weighted by molar-refractivity contribution is 0.602. The fraction of sp³-hybridized carbons (Fsp3) is 0.286. The van der Waals surface area contributed by atoms with Crippen molar-refractivity contribution in [2.75, 3.05) is 17.7 Å². The minimum Gasteiger partial charge on any atom is -0.361 e. The summed E-state index contributed by atoms with van der Waals surface area (Å²) in [5, 5.41) is 6.99. The van der Waals surface area contributed by atoms with Gasteiger partial charge in [-0.1, -0.05) is 0 Å². The standard InChI is InChI=1S/C21H21N5O3S2/c1-12-15(11-22-25-12)18-10-16-19(30-18)21(27)24-20(23-16)17-4-3-9-26(17)13-5-7-14(8-6-13)31(2,28)29/h5-8,10-11,17H,3-4,9H2,1-2H3,(H,22,25)(H,23,24,27). The first-order chi connectivity index (χ1) is 14.8. The van der Waals surface area contributed by atoms with E-state index in [-0.39, 0.29) is 11.6 Å². The second-order valence-electron chi connectivity index (χ2n) is 7.80. The largest absolute Gasteiger partial charge is 0.361 e. The number of aryl methyl sites for hydroxylation is 1. The minimum absolute atomic E-state index is 0.0693. The van der Waals surface area contributed by atoms with Gasteiger partial charge in [-0.3, -0.25) is 9.89 Å². The topological polar surface area (TPSA) is 112 Å². The highest BCUT2D eigenvalue weighted by Crippen LogP contribution is 2.37. The van der Waals surface area contributed by atoms with Crippen molar-refractivity contribution in [1.82, 2.24) is 20.2 Å². The van der Waals surface area contributed by atoms with Crippen molar-refractivity contribution in [3.05, 3.63) is 58.4 Å². The number of fused-ring (bicyclic) bond motifs is 1. The van der Waals surface area contributed by atoms with Gasteiger partial charge in [0.2, 0.25) is 0 Å². The number of nitrogens with one attached hydrogen (secondary N) is 2. The van der Waals surface area contributed by atoms with Crippen LogP contribution in [0.1, 0.15) is 30.4 Å². The summed E-state index contributed by atoms with van der Waals surface area (Å²) in [6.07, 6.45) is 4.78. The smallest absolute Gasteiger partial charge is 0.268 e. The van der Waals surface area contributed by atoms with E-state index in [0.717, 1.165) is 41.2 Å². The Kier molecular flexibility index (Phi) is 4.71. The third-order valence-electron chi connectivity index (χ3n) is 5.66. The predicted octanol–water partition coefficient (Wildman–Crippen LogP) is 3.43. The van der Waals surface area contributed by atoms with Crippen LogP contribution in [0.5, 0.6) is 0 Å². The Morgan fingerprint density at radius 2 is 2.00 bits per heavy atom. The molecule has 4 aromatic rings. The lowest BCUT2D eigenvalue weighted by Gasteiger charge is -2.26. The first-order valence-electron chi connectivity index (χ1n) is 9.92. The van der Waals surface area contributed by atoms with Gasteiger partial charge in [-0.2, -0.15) is 5.10 Å². The number of anilines is 1. The molecule has 4 heterocycles. The first kappa shape index (κ1) is 20.0. The molecule has 5 rings (SSSR count). The van der Waals surface area contributed by atoms with Crippen LogP contribution < -0.4 is 10.5 Å². The zero-order chi connectivity index (χ0) is 21.8. The Hall–Kier alpha value is -2.98. The summed E-state index contributed by atoms with van der Waals surface area (Å²) in [4.78, 5) is 24.0. The fourth-order valence-electron chi connectivity index (χ4n) is 4.09. The number of aromatic amines is 2. The van der Waals surface area contributed by atoms with Crippen LogP contribution in [0.4, 0.5) is 5.69 Å². The maximum absolute atomic E-state index is 12.8. The van der Waals surface area contributed by atoms with Gasteiger partial charge in [0.25, 0.3) is 5.56 Å². The van der Waals surface area contributed by atoms with Crippen LogP contribution in [0.15, 0.2) is 46.2 Å². The van der Waals surface area contributed by atoms with Gasteiger partial charge in [-0.05, 0) is 50.1 Å². The maximum Gasteiger partial charge on any atom is 0.268 e. The minimum atomic E-state index is -3.24. The molecule has 1 aliphatic rings. The molecule has 8 nitrogen and oxygen atoms in total. The van der Waals surface area contributed by atoms with Crippen LogP contribution in [-0.2, 0) is 9.84 Å². The van der Waals surface area contributed by atoms with E-state index in [1.807, 2.05) is 25.1 Å². The molecule has 0 radical (unpaired) electrons. The molecule has 1 atom stereocenters. The molecule has 10 heteroatoms. The molecular weight excluding hydrogens is 434 g/mol. The van der Waals surface area contributed by atoms with Crippen LogP contribution in [0.2, 0.25) is 0 Å². The zero-order valence-corrected chi connectivity index (χ0v) is 18.7. The molecule has 1 aromatic carbocycles. The van der Waals surface area contributed by atoms with Gasteiger partial charge in [0.15, 0.2) is 9.84 Å². The van der Waals surface area contributed by atoms with Gasteiger partial charge in [-0.25, -0.2) is 13.4 Å². The molecule has 1 unspecified atom stereocenters. The molecule has 1 aliphatic heterocycles. The fourth-order valence-corrected chi connectivity index (χ4v) is 5.78. The second kappa shape index (κ2) is 7.31. The Bertz CT molecular complexity index is 1430. The summed E-state index contributed by atoms with van der Waals surface area (Å²) < 4.78 is 24.1. The van der Waals surface area contributed by atoms with Crippen molar-refractivity contribution in [2.45, 2.75) is 30.7 Å². The quantitative estimate of drug-likeness (QED) is 0.488. The van der Waals surface area contributed by atoms with Crippen molar-refractivity contribution in [3.8, 4) is 10.4 Å².